The van der Waals surface area contributed by atoms with Crippen LogP contribution in [0.15, 0.2) is 54.7 Å². The average Bonchev–Trinajstić information content (AvgIpc) is 3.21. The van der Waals surface area contributed by atoms with Gasteiger partial charge in [0.25, 0.3) is 0 Å². The Bertz CT molecular complexity index is 1160. The summed E-state index contributed by atoms with van der Waals surface area (Å²) in [5, 5.41) is 5.21. The lowest BCUT2D eigenvalue weighted by Crippen LogP contribution is -2.24. The molecule has 0 fully saturated rings. The van der Waals surface area contributed by atoms with Gasteiger partial charge in [0.2, 0.25) is 5.91 Å². The Morgan fingerprint density at radius 1 is 1.11 bits per heavy atom. The van der Waals surface area contributed by atoms with Gasteiger partial charge >= 0.3 is 0 Å². The lowest BCUT2D eigenvalue weighted by molar-refractivity contribution is -0.120. The molecule has 0 aliphatic heterocycles. The van der Waals surface area contributed by atoms with Crippen LogP contribution in [0.3, 0.4) is 0 Å². The van der Waals surface area contributed by atoms with Crippen LogP contribution in [0.2, 0.25) is 0 Å². The van der Waals surface area contributed by atoms with E-state index in [2.05, 4.69) is 41.1 Å². The maximum Gasteiger partial charge on any atom is 0.224 e. The first-order valence-electron chi connectivity index (χ1n) is 9.35. The molecule has 2 heterocycles. The van der Waals surface area contributed by atoms with E-state index >= 15 is 0 Å². The Labute approximate surface area is 168 Å². The maximum absolute atomic E-state index is 12.5. The fourth-order valence-electron chi connectivity index (χ4n) is 3.50. The molecule has 2 aromatic heterocycles. The van der Waals surface area contributed by atoms with Crippen LogP contribution < -0.4 is 5.32 Å². The topological polar surface area (TPSA) is 46.9 Å². The number of rotatable bonds is 5. The Kier molecular flexibility index (Phi) is 5.01. The SMILES string of the molecule is Cc1ccccc1-c1nc(C)c(CNC(=O)Cc2cn(C)c3ccccc23)s1. The minimum Gasteiger partial charge on any atom is -0.351 e. The minimum absolute atomic E-state index is 0.0293. The highest BCUT2D eigenvalue weighted by molar-refractivity contribution is 7.15. The zero-order valence-corrected chi connectivity index (χ0v) is 17.1. The Hall–Kier alpha value is -2.92. The second-order valence-corrected chi connectivity index (χ2v) is 8.16. The van der Waals surface area contributed by atoms with Crippen molar-refractivity contribution in [2.75, 3.05) is 0 Å². The molecular weight excluding hydrogens is 366 g/mol. The molecule has 0 saturated carbocycles. The van der Waals surface area contributed by atoms with E-state index in [0.717, 1.165) is 37.6 Å². The molecule has 28 heavy (non-hydrogen) atoms. The molecule has 2 aromatic carbocycles. The van der Waals surface area contributed by atoms with E-state index in [1.165, 1.54) is 5.56 Å². The number of para-hydroxylation sites is 1. The first-order valence-corrected chi connectivity index (χ1v) is 10.2. The summed E-state index contributed by atoms with van der Waals surface area (Å²) in [5.41, 5.74) is 5.55. The van der Waals surface area contributed by atoms with Crippen LogP contribution in [-0.4, -0.2) is 15.5 Å². The van der Waals surface area contributed by atoms with Crippen LogP contribution in [0.4, 0.5) is 0 Å². The summed E-state index contributed by atoms with van der Waals surface area (Å²) in [6.07, 6.45) is 2.42. The van der Waals surface area contributed by atoms with Crippen LogP contribution in [-0.2, 0) is 24.8 Å². The fraction of sp³-hybridized carbons (Fsp3) is 0.217. The van der Waals surface area contributed by atoms with Crippen molar-refractivity contribution in [3.05, 3.63) is 76.4 Å². The normalized spacial score (nSPS) is 11.1. The number of nitrogens with zero attached hydrogens (tertiary/aromatic N) is 2. The summed E-state index contributed by atoms with van der Waals surface area (Å²) in [7, 11) is 2.01. The maximum atomic E-state index is 12.5. The molecule has 0 aliphatic rings. The van der Waals surface area contributed by atoms with Gasteiger partial charge in [0, 0.05) is 34.6 Å². The summed E-state index contributed by atoms with van der Waals surface area (Å²) in [4.78, 5) is 18.4. The largest absolute Gasteiger partial charge is 0.351 e. The summed E-state index contributed by atoms with van der Waals surface area (Å²) < 4.78 is 2.07. The van der Waals surface area contributed by atoms with E-state index in [9.17, 15) is 4.79 Å². The predicted octanol–water partition coefficient (Wildman–Crippen LogP) is 4.78. The molecule has 0 bridgehead atoms. The van der Waals surface area contributed by atoms with E-state index in [4.69, 9.17) is 4.98 Å². The third-order valence-electron chi connectivity index (χ3n) is 5.04. The van der Waals surface area contributed by atoms with Crippen molar-refractivity contribution in [2.45, 2.75) is 26.8 Å². The second kappa shape index (κ2) is 7.60. The number of hydrogen-bond donors (Lipinski definition) is 1. The summed E-state index contributed by atoms with van der Waals surface area (Å²) in [5.74, 6) is 0.0293. The average molecular weight is 390 g/mol. The number of nitrogens with one attached hydrogen (secondary N) is 1. The van der Waals surface area contributed by atoms with Gasteiger partial charge in [-0.05, 0) is 31.0 Å². The van der Waals surface area contributed by atoms with Crippen molar-refractivity contribution in [1.29, 1.82) is 0 Å². The van der Waals surface area contributed by atoms with E-state index in [1.807, 2.05) is 44.4 Å². The number of thiazole rings is 1. The van der Waals surface area contributed by atoms with Gasteiger partial charge in [-0.3, -0.25) is 4.79 Å². The van der Waals surface area contributed by atoms with E-state index in [0.29, 0.717) is 13.0 Å². The molecule has 4 nitrogen and oxygen atoms in total. The number of aryl methyl sites for hydroxylation is 3. The molecule has 5 heteroatoms. The van der Waals surface area contributed by atoms with Gasteiger partial charge in [0.1, 0.15) is 5.01 Å². The summed E-state index contributed by atoms with van der Waals surface area (Å²) in [6, 6.07) is 16.4. The molecule has 0 radical (unpaired) electrons. The van der Waals surface area contributed by atoms with Crippen LogP contribution >= 0.6 is 11.3 Å². The number of amides is 1. The summed E-state index contributed by atoms with van der Waals surface area (Å²) in [6.45, 7) is 4.61. The Morgan fingerprint density at radius 3 is 2.68 bits per heavy atom. The van der Waals surface area contributed by atoms with Crippen molar-refractivity contribution >= 4 is 28.1 Å². The number of fused-ring (bicyclic) bond motifs is 1. The molecule has 0 saturated heterocycles. The van der Waals surface area contributed by atoms with Crippen molar-refractivity contribution in [3.63, 3.8) is 0 Å². The molecule has 1 amide bonds. The molecule has 4 aromatic rings. The molecule has 4 rings (SSSR count). The van der Waals surface area contributed by atoms with Crippen LogP contribution in [0.5, 0.6) is 0 Å². The first-order chi connectivity index (χ1) is 13.5. The zero-order chi connectivity index (χ0) is 19.7. The molecule has 0 unspecified atom stereocenters. The van der Waals surface area contributed by atoms with Gasteiger partial charge in [-0.15, -0.1) is 11.3 Å². The van der Waals surface area contributed by atoms with Crippen LogP contribution in [0.25, 0.3) is 21.5 Å². The highest BCUT2D eigenvalue weighted by Crippen LogP contribution is 2.30. The fourth-order valence-corrected chi connectivity index (χ4v) is 4.59. The van der Waals surface area contributed by atoms with E-state index < -0.39 is 0 Å². The number of hydrogen-bond acceptors (Lipinski definition) is 3. The number of aromatic nitrogens is 2. The molecule has 0 atom stereocenters. The number of carbonyl (C=O) groups excluding carboxylic acids is 1. The van der Waals surface area contributed by atoms with Gasteiger partial charge in [-0.1, -0.05) is 42.5 Å². The van der Waals surface area contributed by atoms with Gasteiger partial charge in [0.15, 0.2) is 0 Å². The lowest BCUT2D eigenvalue weighted by atomic mass is 10.1. The monoisotopic (exact) mass is 389 g/mol. The van der Waals surface area contributed by atoms with Crippen LogP contribution in [0, 0.1) is 13.8 Å². The van der Waals surface area contributed by atoms with Crippen LogP contribution in [0.1, 0.15) is 21.7 Å². The smallest absolute Gasteiger partial charge is 0.224 e. The van der Waals surface area contributed by atoms with Crippen molar-refractivity contribution in [1.82, 2.24) is 14.9 Å². The van der Waals surface area contributed by atoms with Gasteiger partial charge in [0.05, 0.1) is 18.7 Å². The predicted molar refractivity (Wildman–Crippen MR) is 115 cm³/mol. The standard InChI is InChI=1S/C23H23N3OS/c1-15-8-4-5-9-18(15)23-25-16(2)21(28-23)13-24-22(27)12-17-14-26(3)20-11-7-6-10-19(17)20/h4-11,14H,12-13H2,1-3H3,(H,24,27). The highest BCUT2D eigenvalue weighted by atomic mass is 32.1. The van der Waals surface area contributed by atoms with Crippen molar-refractivity contribution in [2.24, 2.45) is 7.05 Å². The second-order valence-electron chi connectivity index (χ2n) is 7.08. The van der Waals surface area contributed by atoms with Crippen molar-refractivity contribution < 1.29 is 4.79 Å². The summed E-state index contributed by atoms with van der Waals surface area (Å²) >= 11 is 1.65. The zero-order valence-electron chi connectivity index (χ0n) is 16.3. The van der Waals surface area contributed by atoms with E-state index in [-0.39, 0.29) is 5.91 Å². The molecule has 142 valence electrons. The van der Waals surface area contributed by atoms with Gasteiger partial charge in [-0.2, -0.15) is 0 Å². The minimum atomic E-state index is 0.0293. The van der Waals surface area contributed by atoms with Gasteiger partial charge < -0.3 is 9.88 Å². The molecule has 1 N–H and O–H groups in total. The third-order valence-corrected chi connectivity index (χ3v) is 6.24. The lowest BCUT2D eigenvalue weighted by Gasteiger charge is -2.04. The quantitative estimate of drug-likeness (QED) is 0.534. The Balaban J connectivity index is 1.46. The first kappa shape index (κ1) is 18.4. The molecular formula is C23H23N3OS. The van der Waals surface area contributed by atoms with Crippen molar-refractivity contribution in [3.8, 4) is 10.6 Å². The Morgan fingerprint density at radius 2 is 1.86 bits per heavy atom. The molecule has 0 aliphatic carbocycles. The molecule has 0 spiro atoms. The third kappa shape index (κ3) is 3.58. The van der Waals surface area contributed by atoms with Gasteiger partial charge in [-0.25, -0.2) is 4.98 Å². The highest BCUT2D eigenvalue weighted by Gasteiger charge is 2.14. The number of benzene rings is 2. The van der Waals surface area contributed by atoms with E-state index in [1.54, 1.807) is 11.3 Å². The number of carbonyl (C=O) groups is 1.